The number of carbonyl (C=O) groups excluding carboxylic acids is 1. The SMILES string of the molecule is CCN(C(=O)Cn1cnc2ccc(Cl)cc2c1=O)c1ccccc1. The zero-order valence-corrected chi connectivity index (χ0v) is 13.9. The van der Waals surface area contributed by atoms with Gasteiger partial charge in [0.1, 0.15) is 6.54 Å². The molecule has 3 rings (SSSR count). The normalized spacial score (nSPS) is 10.8. The van der Waals surface area contributed by atoms with Gasteiger partial charge in [-0.15, -0.1) is 0 Å². The third-order valence-corrected chi connectivity index (χ3v) is 4.01. The van der Waals surface area contributed by atoms with Crippen molar-refractivity contribution in [1.82, 2.24) is 9.55 Å². The lowest BCUT2D eigenvalue weighted by Crippen LogP contribution is -2.36. The largest absolute Gasteiger partial charge is 0.311 e. The molecule has 0 N–H and O–H groups in total. The molecule has 0 aliphatic rings. The van der Waals surface area contributed by atoms with Crippen LogP contribution in [0.15, 0.2) is 59.7 Å². The van der Waals surface area contributed by atoms with Crippen LogP contribution >= 0.6 is 11.6 Å². The van der Waals surface area contributed by atoms with Crippen molar-refractivity contribution in [2.75, 3.05) is 11.4 Å². The maximum atomic E-state index is 12.6. The molecule has 0 aliphatic carbocycles. The average molecular weight is 342 g/mol. The van der Waals surface area contributed by atoms with Gasteiger partial charge in [0.15, 0.2) is 0 Å². The van der Waals surface area contributed by atoms with E-state index in [2.05, 4.69) is 4.98 Å². The minimum atomic E-state index is -0.278. The third kappa shape index (κ3) is 3.16. The Hall–Kier alpha value is -2.66. The summed E-state index contributed by atoms with van der Waals surface area (Å²) in [6.07, 6.45) is 1.40. The van der Waals surface area contributed by atoms with Crippen molar-refractivity contribution in [1.29, 1.82) is 0 Å². The van der Waals surface area contributed by atoms with Crippen LogP contribution < -0.4 is 10.5 Å². The topological polar surface area (TPSA) is 55.2 Å². The molecule has 6 heteroatoms. The number of hydrogen-bond donors (Lipinski definition) is 0. The van der Waals surface area contributed by atoms with E-state index in [0.717, 1.165) is 5.69 Å². The average Bonchev–Trinajstić information content (AvgIpc) is 2.59. The number of aromatic nitrogens is 2. The number of likely N-dealkylation sites (N-methyl/N-ethyl adjacent to an activating group) is 1. The Morgan fingerprint density at radius 1 is 1.21 bits per heavy atom. The van der Waals surface area contributed by atoms with Crippen molar-refractivity contribution in [3.8, 4) is 0 Å². The fourth-order valence-corrected chi connectivity index (χ4v) is 2.76. The zero-order chi connectivity index (χ0) is 17.1. The summed E-state index contributed by atoms with van der Waals surface area (Å²) in [5.41, 5.74) is 1.08. The predicted octanol–water partition coefficient (Wildman–Crippen LogP) is 3.10. The summed E-state index contributed by atoms with van der Waals surface area (Å²) >= 11 is 5.95. The van der Waals surface area contributed by atoms with Gasteiger partial charge in [-0.1, -0.05) is 29.8 Å². The first-order valence-corrected chi connectivity index (χ1v) is 7.98. The number of rotatable bonds is 4. The molecule has 0 bridgehead atoms. The molecule has 0 saturated heterocycles. The Bertz CT molecular complexity index is 938. The molecule has 122 valence electrons. The Kier molecular flexibility index (Phi) is 4.62. The van der Waals surface area contributed by atoms with Gasteiger partial charge >= 0.3 is 0 Å². The van der Waals surface area contributed by atoms with E-state index >= 15 is 0 Å². The van der Waals surface area contributed by atoms with Crippen LogP contribution in [0.4, 0.5) is 5.69 Å². The van der Waals surface area contributed by atoms with Crippen LogP contribution in [0, 0.1) is 0 Å². The maximum absolute atomic E-state index is 12.6. The van der Waals surface area contributed by atoms with Gasteiger partial charge < -0.3 is 4.90 Å². The molecule has 3 aromatic rings. The van der Waals surface area contributed by atoms with Crippen LogP contribution in [0.3, 0.4) is 0 Å². The van der Waals surface area contributed by atoms with E-state index in [1.54, 1.807) is 23.1 Å². The standard InChI is InChI=1S/C18H16ClN3O2/c1-2-22(14-6-4-3-5-7-14)17(23)11-21-12-20-16-9-8-13(19)10-15(16)18(21)24/h3-10,12H,2,11H2,1H3. The second kappa shape index (κ2) is 6.84. The van der Waals surface area contributed by atoms with E-state index in [-0.39, 0.29) is 18.0 Å². The van der Waals surface area contributed by atoms with Crippen molar-refractivity contribution in [2.24, 2.45) is 0 Å². The number of nitrogens with zero attached hydrogens (tertiary/aromatic N) is 3. The lowest BCUT2D eigenvalue weighted by Gasteiger charge is -2.21. The minimum Gasteiger partial charge on any atom is -0.311 e. The van der Waals surface area contributed by atoms with Crippen LogP contribution in [0.25, 0.3) is 10.9 Å². The molecule has 0 radical (unpaired) electrons. The maximum Gasteiger partial charge on any atom is 0.261 e. The Morgan fingerprint density at radius 2 is 1.96 bits per heavy atom. The van der Waals surface area contributed by atoms with Crippen LogP contribution in [0.5, 0.6) is 0 Å². The first-order chi connectivity index (χ1) is 11.6. The molecule has 0 fully saturated rings. The van der Waals surface area contributed by atoms with Gasteiger partial charge in [0, 0.05) is 17.3 Å². The van der Waals surface area contributed by atoms with Gasteiger partial charge in [0.25, 0.3) is 5.56 Å². The number of benzene rings is 2. The van der Waals surface area contributed by atoms with Crippen molar-refractivity contribution in [3.63, 3.8) is 0 Å². The van der Waals surface area contributed by atoms with Gasteiger partial charge in [0.2, 0.25) is 5.91 Å². The number of anilines is 1. The number of hydrogen-bond acceptors (Lipinski definition) is 3. The summed E-state index contributed by atoms with van der Waals surface area (Å²) < 4.78 is 1.31. The highest BCUT2D eigenvalue weighted by Crippen LogP contribution is 2.15. The smallest absolute Gasteiger partial charge is 0.261 e. The van der Waals surface area contributed by atoms with Gasteiger partial charge in [-0.3, -0.25) is 14.2 Å². The van der Waals surface area contributed by atoms with E-state index in [9.17, 15) is 9.59 Å². The fraction of sp³-hybridized carbons (Fsp3) is 0.167. The molecular weight excluding hydrogens is 326 g/mol. The van der Waals surface area contributed by atoms with Crippen molar-refractivity contribution < 1.29 is 4.79 Å². The van der Waals surface area contributed by atoms with E-state index < -0.39 is 0 Å². The van der Waals surface area contributed by atoms with Crippen molar-refractivity contribution in [3.05, 3.63) is 70.2 Å². The highest BCUT2D eigenvalue weighted by atomic mass is 35.5. The molecule has 24 heavy (non-hydrogen) atoms. The number of amides is 1. The van der Waals surface area contributed by atoms with Gasteiger partial charge in [0.05, 0.1) is 17.2 Å². The lowest BCUT2D eigenvalue weighted by molar-refractivity contribution is -0.119. The molecule has 1 aromatic heterocycles. The summed E-state index contributed by atoms with van der Waals surface area (Å²) in [6, 6.07) is 14.3. The Morgan fingerprint density at radius 3 is 2.67 bits per heavy atom. The van der Waals surface area contributed by atoms with Gasteiger partial charge in [-0.05, 0) is 37.3 Å². The van der Waals surface area contributed by atoms with E-state index in [4.69, 9.17) is 11.6 Å². The summed E-state index contributed by atoms with van der Waals surface area (Å²) in [5, 5.41) is 0.866. The third-order valence-electron chi connectivity index (χ3n) is 3.78. The van der Waals surface area contributed by atoms with E-state index in [1.165, 1.54) is 10.9 Å². The predicted molar refractivity (Wildman–Crippen MR) is 95.5 cm³/mol. The zero-order valence-electron chi connectivity index (χ0n) is 13.1. The molecule has 0 spiro atoms. The second-order valence-electron chi connectivity index (χ2n) is 5.31. The fourth-order valence-electron chi connectivity index (χ4n) is 2.59. The van der Waals surface area contributed by atoms with Gasteiger partial charge in [-0.2, -0.15) is 0 Å². The van der Waals surface area contributed by atoms with Crippen LogP contribution in [-0.2, 0) is 11.3 Å². The number of halogens is 1. The molecule has 0 atom stereocenters. The number of carbonyl (C=O) groups is 1. The Balaban J connectivity index is 1.93. The number of para-hydroxylation sites is 1. The molecule has 0 saturated carbocycles. The van der Waals surface area contributed by atoms with Gasteiger partial charge in [-0.25, -0.2) is 4.98 Å². The molecular formula is C18H16ClN3O2. The van der Waals surface area contributed by atoms with Crippen LogP contribution in [-0.4, -0.2) is 22.0 Å². The first-order valence-electron chi connectivity index (χ1n) is 7.60. The van der Waals surface area contributed by atoms with Crippen LogP contribution in [0.2, 0.25) is 5.02 Å². The number of fused-ring (bicyclic) bond motifs is 1. The lowest BCUT2D eigenvalue weighted by atomic mass is 10.2. The van der Waals surface area contributed by atoms with Crippen molar-refractivity contribution >= 4 is 34.1 Å². The quantitative estimate of drug-likeness (QED) is 0.732. The van der Waals surface area contributed by atoms with E-state index in [0.29, 0.717) is 22.5 Å². The highest BCUT2D eigenvalue weighted by Gasteiger charge is 2.15. The Labute approximate surface area is 144 Å². The van der Waals surface area contributed by atoms with Crippen molar-refractivity contribution in [2.45, 2.75) is 13.5 Å². The summed E-state index contributed by atoms with van der Waals surface area (Å²) in [5.74, 6) is -0.172. The minimum absolute atomic E-state index is 0.0724. The second-order valence-corrected chi connectivity index (χ2v) is 5.75. The monoisotopic (exact) mass is 341 g/mol. The molecule has 5 nitrogen and oxygen atoms in total. The first kappa shape index (κ1) is 16.2. The molecule has 0 unspecified atom stereocenters. The van der Waals surface area contributed by atoms with Crippen LogP contribution in [0.1, 0.15) is 6.92 Å². The molecule has 1 heterocycles. The van der Waals surface area contributed by atoms with E-state index in [1.807, 2.05) is 37.3 Å². The molecule has 1 amide bonds. The molecule has 2 aromatic carbocycles. The summed E-state index contributed by atoms with van der Waals surface area (Å²) in [7, 11) is 0. The summed E-state index contributed by atoms with van der Waals surface area (Å²) in [6.45, 7) is 2.34. The summed E-state index contributed by atoms with van der Waals surface area (Å²) in [4.78, 5) is 31.0. The molecule has 0 aliphatic heterocycles. The highest BCUT2D eigenvalue weighted by molar-refractivity contribution is 6.31.